The lowest BCUT2D eigenvalue weighted by molar-refractivity contribution is 0.669. The smallest absolute Gasteiger partial charge is 0.164 e. The van der Waals surface area contributed by atoms with E-state index in [0.717, 1.165) is 44.2 Å². The van der Waals surface area contributed by atoms with Gasteiger partial charge < -0.3 is 4.42 Å². The van der Waals surface area contributed by atoms with E-state index in [-0.39, 0.29) is 0 Å². The molecule has 0 aliphatic rings. The van der Waals surface area contributed by atoms with E-state index in [2.05, 4.69) is 97.1 Å². The highest BCUT2D eigenvalue weighted by atomic mass is 16.3. The first-order chi connectivity index (χ1) is 23.3. The molecule has 0 aliphatic heterocycles. The van der Waals surface area contributed by atoms with Crippen molar-refractivity contribution in [3.63, 3.8) is 0 Å². The Morgan fingerprint density at radius 2 is 0.787 bits per heavy atom. The average Bonchev–Trinajstić information content (AvgIpc) is 3.52. The summed E-state index contributed by atoms with van der Waals surface area (Å²) in [6.45, 7) is 0. The first-order valence-electron chi connectivity index (χ1n) is 15.7. The van der Waals surface area contributed by atoms with Crippen molar-refractivity contribution in [2.45, 2.75) is 0 Å². The molecule has 0 bridgehead atoms. The molecule has 0 spiro atoms. The largest absolute Gasteiger partial charge is 0.456 e. The second-order valence-corrected chi connectivity index (χ2v) is 11.6. The molecule has 9 rings (SSSR count). The number of hydrogen-bond acceptors (Lipinski definition) is 4. The lowest BCUT2D eigenvalue weighted by atomic mass is 9.91. The van der Waals surface area contributed by atoms with E-state index in [0.29, 0.717) is 17.5 Å². The van der Waals surface area contributed by atoms with E-state index in [1.807, 2.05) is 66.7 Å². The highest BCUT2D eigenvalue weighted by molar-refractivity contribution is 6.10. The molecule has 9 aromatic rings. The van der Waals surface area contributed by atoms with Crippen molar-refractivity contribution >= 4 is 32.7 Å². The fourth-order valence-electron chi connectivity index (χ4n) is 6.44. The minimum atomic E-state index is 0.603. The van der Waals surface area contributed by atoms with E-state index in [9.17, 15) is 0 Å². The fourth-order valence-corrected chi connectivity index (χ4v) is 6.44. The quantitative estimate of drug-likeness (QED) is 0.197. The second-order valence-electron chi connectivity index (χ2n) is 11.6. The second kappa shape index (κ2) is 11.2. The van der Waals surface area contributed by atoms with Crippen LogP contribution in [0.3, 0.4) is 0 Å². The van der Waals surface area contributed by atoms with E-state index in [1.165, 1.54) is 27.5 Å². The van der Waals surface area contributed by atoms with E-state index in [4.69, 9.17) is 19.4 Å². The SMILES string of the molecule is c1ccc(-c2nc(-c3ccccc3)nc(-c3ccc4c(c3)oc3ccc(-c5ccc(-c6ccccc6)c6ccccc56)cc34)n2)cc1. The molecule has 47 heavy (non-hydrogen) atoms. The summed E-state index contributed by atoms with van der Waals surface area (Å²) in [5, 5.41) is 4.59. The zero-order chi connectivity index (χ0) is 31.2. The van der Waals surface area contributed by atoms with Crippen molar-refractivity contribution in [2.24, 2.45) is 0 Å². The van der Waals surface area contributed by atoms with E-state index >= 15 is 0 Å². The number of rotatable bonds is 5. The Kier molecular flexibility index (Phi) is 6.43. The predicted octanol–water partition coefficient (Wildman–Crippen LogP) is 11.3. The Morgan fingerprint density at radius 1 is 0.298 bits per heavy atom. The molecule has 0 aliphatic carbocycles. The van der Waals surface area contributed by atoms with Crippen LogP contribution in [0.1, 0.15) is 0 Å². The Balaban J connectivity index is 1.16. The molecule has 2 heterocycles. The van der Waals surface area contributed by atoms with Crippen LogP contribution in [-0.2, 0) is 0 Å². The maximum Gasteiger partial charge on any atom is 0.164 e. The summed E-state index contributed by atoms with van der Waals surface area (Å²) in [7, 11) is 0. The number of furan rings is 1. The molecular formula is C43H27N3O. The summed E-state index contributed by atoms with van der Waals surface area (Å²) >= 11 is 0. The monoisotopic (exact) mass is 601 g/mol. The van der Waals surface area contributed by atoms with Crippen LogP contribution < -0.4 is 0 Å². The number of nitrogens with zero attached hydrogens (tertiary/aromatic N) is 3. The summed E-state index contributed by atoms with van der Waals surface area (Å²) in [4.78, 5) is 14.6. The predicted molar refractivity (Wildman–Crippen MR) is 192 cm³/mol. The summed E-state index contributed by atoms with van der Waals surface area (Å²) in [6, 6.07) is 56.5. The van der Waals surface area contributed by atoms with Gasteiger partial charge in [0.15, 0.2) is 17.5 Å². The molecule has 4 nitrogen and oxygen atoms in total. The number of benzene rings is 7. The van der Waals surface area contributed by atoms with Crippen LogP contribution in [0.4, 0.5) is 0 Å². The van der Waals surface area contributed by atoms with Crippen molar-refractivity contribution in [2.75, 3.05) is 0 Å². The molecule has 220 valence electrons. The summed E-state index contributed by atoms with van der Waals surface area (Å²) in [6.07, 6.45) is 0. The van der Waals surface area contributed by atoms with Gasteiger partial charge in [-0.15, -0.1) is 0 Å². The van der Waals surface area contributed by atoms with Gasteiger partial charge >= 0.3 is 0 Å². The zero-order valence-corrected chi connectivity index (χ0v) is 25.3. The first kappa shape index (κ1) is 27.0. The minimum Gasteiger partial charge on any atom is -0.456 e. The Morgan fingerprint density at radius 3 is 1.38 bits per heavy atom. The Labute approximate surface area is 271 Å². The Bertz CT molecular complexity index is 2500. The molecule has 0 N–H and O–H groups in total. The van der Waals surface area contributed by atoms with Crippen LogP contribution >= 0.6 is 0 Å². The lowest BCUT2D eigenvalue weighted by Crippen LogP contribution is -2.00. The van der Waals surface area contributed by atoms with Gasteiger partial charge in [0.2, 0.25) is 0 Å². The molecule has 0 saturated carbocycles. The van der Waals surface area contributed by atoms with Crippen LogP contribution in [0.2, 0.25) is 0 Å². The maximum atomic E-state index is 6.43. The van der Waals surface area contributed by atoms with Crippen LogP contribution in [-0.4, -0.2) is 15.0 Å². The zero-order valence-electron chi connectivity index (χ0n) is 25.3. The average molecular weight is 602 g/mol. The molecule has 0 radical (unpaired) electrons. The number of aromatic nitrogens is 3. The van der Waals surface area contributed by atoms with Gasteiger partial charge in [-0.05, 0) is 57.3 Å². The maximum absolute atomic E-state index is 6.43. The van der Waals surface area contributed by atoms with Gasteiger partial charge in [0.1, 0.15) is 11.2 Å². The van der Waals surface area contributed by atoms with Gasteiger partial charge in [-0.25, -0.2) is 15.0 Å². The summed E-state index contributed by atoms with van der Waals surface area (Å²) < 4.78 is 6.43. The molecule has 0 saturated heterocycles. The molecule has 2 aromatic heterocycles. The van der Waals surface area contributed by atoms with Gasteiger partial charge in [-0.1, -0.05) is 140 Å². The molecule has 0 unspecified atom stereocenters. The van der Waals surface area contributed by atoms with Crippen molar-refractivity contribution < 1.29 is 4.42 Å². The van der Waals surface area contributed by atoms with Gasteiger partial charge in [-0.3, -0.25) is 0 Å². The molecule has 0 amide bonds. The van der Waals surface area contributed by atoms with Gasteiger partial charge in [0.25, 0.3) is 0 Å². The van der Waals surface area contributed by atoms with Gasteiger partial charge in [0.05, 0.1) is 0 Å². The highest BCUT2D eigenvalue weighted by Crippen LogP contribution is 2.39. The van der Waals surface area contributed by atoms with Crippen molar-refractivity contribution in [3.05, 3.63) is 164 Å². The topological polar surface area (TPSA) is 51.8 Å². The van der Waals surface area contributed by atoms with Crippen molar-refractivity contribution in [3.8, 4) is 56.4 Å². The number of hydrogen-bond donors (Lipinski definition) is 0. The highest BCUT2D eigenvalue weighted by Gasteiger charge is 2.16. The number of fused-ring (bicyclic) bond motifs is 4. The lowest BCUT2D eigenvalue weighted by Gasteiger charge is -2.12. The summed E-state index contributed by atoms with van der Waals surface area (Å²) in [5.74, 6) is 1.87. The normalized spacial score (nSPS) is 11.4. The third-order valence-corrected chi connectivity index (χ3v) is 8.75. The molecular weight excluding hydrogens is 574 g/mol. The van der Waals surface area contributed by atoms with Gasteiger partial charge in [0, 0.05) is 27.5 Å². The van der Waals surface area contributed by atoms with Crippen molar-refractivity contribution in [1.29, 1.82) is 0 Å². The third-order valence-electron chi connectivity index (χ3n) is 8.75. The van der Waals surface area contributed by atoms with Crippen molar-refractivity contribution in [1.82, 2.24) is 15.0 Å². The minimum absolute atomic E-state index is 0.603. The molecule has 7 aromatic carbocycles. The van der Waals surface area contributed by atoms with Crippen LogP contribution in [0.25, 0.3) is 89.1 Å². The van der Waals surface area contributed by atoms with E-state index < -0.39 is 0 Å². The van der Waals surface area contributed by atoms with Crippen LogP contribution in [0, 0.1) is 0 Å². The fraction of sp³-hybridized carbons (Fsp3) is 0. The molecule has 0 atom stereocenters. The first-order valence-corrected chi connectivity index (χ1v) is 15.7. The van der Waals surface area contributed by atoms with Gasteiger partial charge in [-0.2, -0.15) is 0 Å². The van der Waals surface area contributed by atoms with Crippen LogP contribution in [0.5, 0.6) is 0 Å². The molecule has 0 fully saturated rings. The Hall–Kier alpha value is -6.39. The standard InChI is InChI=1S/C43H27N3O/c1-4-12-28(13-5-1)33-23-24-34(36-19-11-10-18-35(33)36)31-21-25-39-38(26-31)37-22-20-32(27-40(37)47-39)43-45-41(29-14-6-2-7-15-29)44-42(46-43)30-16-8-3-9-17-30/h1-27H. The molecule has 4 heteroatoms. The third kappa shape index (κ3) is 4.84. The van der Waals surface area contributed by atoms with Crippen LogP contribution in [0.15, 0.2) is 168 Å². The van der Waals surface area contributed by atoms with E-state index in [1.54, 1.807) is 0 Å². The summed E-state index contributed by atoms with van der Waals surface area (Å²) in [5.41, 5.74) is 9.18.